The van der Waals surface area contributed by atoms with Gasteiger partial charge in [0.05, 0.1) is 6.04 Å². The van der Waals surface area contributed by atoms with E-state index >= 15 is 0 Å². The lowest BCUT2D eigenvalue weighted by molar-refractivity contribution is -0.122. The first-order chi connectivity index (χ1) is 12.9. The number of carbonyl (C=O) groups is 2. The van der Waals surface area contributed by atoms with Crippen LogP contribution < -0.4 is 21.7 Å². The number of nitrogens with one attached hydrogen (secondary N) is 3. The average molecular weight is 369 g/mol. The third-order valence-corrected chi connectivity index (χ3v) is 3.92. The van der Waals surface area contributed by atoms with Crippen molar-refractivity contribution in [2.45, 2.75) is 39.4 Å². The maximum Gasteiger partial charge on any atom is 0.319 e. The fourth-order valence-electron chi connectivity index (χ4n) is 2.55. The van der Waals surface area contributed by atoms with Gasteiger partial charge in [0, 0.05) is 31.2 Å². The van der Waals surface area contributed by atoms with Crippen LogP contribution >= 0.6 is 0 Å². The Hall–Kier alpha value is -2.93. The number of hydrogen-bond donors (Lipinski definition) is 4. The van der Waals surface area contributed by atoms with Gasteiger partial charge in [-0.2, -0.15) is 0 Å². The number of pyridine rings is 1. The largest absolute Gasteiger partial charge is 0.351 e. The molecule has 27 heavy (non-hydrogen) atoms. The summed E-state index contributed by atoms with van der Waals surface area (Å²) in [5.74, 6) is 0.195. The van der Waals surface area contributed by atoms with E-state index in [2.05, 4.69) is 20.9 Å². The number of rotatable bonds is 8. The van der Waals surface area contributed by atoms with Crippen molar-refractivity contribution in [1.82, 2.24) is 15.6 Å². The van der Waals surface area contributed by atoms with Gasteiger partial charge in [-0.1, -0.05) is 26.0 Å². The van der Waals surface area contributed by atoms with Crippen LogP contribution in [-0.4, -0.2) is 23.0 Å². The lowest BCUT2D eigenvalue weighted by atomic mass is 10.0. The van der Waals surface area contributed by atoms with E-state index in [-0.39, 0.29) is 11.9 Å². The van der Waals surface area contributed by atoms with Gasteiger partial charge >= 0.3 is 6.03 Å². The highest BCUT2D eigenvalue weighted by Crippen LogP contribution is 2.11. The number of nitrogens with zero attached hydrogens (tertiary/aromatic N) is 1. The smallest absolute Gasteiger partial charge is 0.319 e. The minimum atomic E-state index is -0.509. The standard InChI is InChI=1S/C20H27N5O2/c1-14(2)10-18(21)19(26)23-13-16-4-3-5-17(11-16)25-20(27)24-12-15-6-8-22-9-7-15/h3-9,11,14,18H,10,12-13,21H2,1-2H3,(H,23,26)(H2,24,25,27)/t18-/m0/s1. The summed E-state index contributed by atoms with van der Waals surface area (Å²) >= 11 is 0. The Morgan fingerprint density at radius 2 is 1.74 bits per heavy atom. The van der Waals surface area contributed by atoms with Crippen molar-refractivity contribution < 1.29 is 9.59 Å². The topological polar surface area (TPSA) is 109 Å². The second-order valence-corrected chi connectivity index (χ2v) is 6.82. The number of nitrogens with two attached hydrogens (primary N) is 1. The molecule has 0 saturated carbocycles. The molecule has 0 radical (unpaired) electrons. The normalized spacial score (nSPS) is 11.7. The summed E-state index contributed by atoms with van der Waals surface area (Å²) in [4.78, 5) is 28.0. The summed E-state index contributed by atoms with van der Waals surface area (Å²) in [7, 11) is 0. The summed E-state index contributed by atoms with van der Waals surface area (Å²) in [5.41, 5.74) is 8.38. The minimum absolute atomic E-state index is 0.169. The van der Waals surface area contributed by atoms with E-state index in [9.17, 15) is 9.59 Å². The Bertz CT molecular complexity index is 749. The number of amides is 3. The van der Waals surface area contributed by atoms with Gasteiger partial charge in [0.2, 0.25) is 5.91 Å². The molecule has 2 aromatic rings. The Balaban J connectivity index is 1.82. The fraction of sp³-hybridized carbons (Fsp3) is 0.350. The molecular formula is C20H27N5O2. The molecule has 0 bridgehead atoms. The number of benzene rings is 1. The van der Waals surface area contributed by atoms with Crippen LogP contribution in [-0.2, 0) is 17.9 Å². The van der Waals surface area contributed by atoms with Gasteiger partial charge in [-0.3, -0.25) is 9.78 Å². The van der Waals surface area contributed by atoms with E-state index in [0.29, 0.717) is 31.1 Å². The number of aromatic nitrogens is 1. The summed E-state index contributed by atoms with van der Waals surface area (Å²) in [5, 5.41) is 8.41. The minimum Gasteiger partial charge on any atom is -0.351 e. The van der Waals surface area contributed by atoms with Crippen molar-refractivity contribution in [2.75, 3.05) is 5.32 Å². The van der Waals surface area contributed by atoms with Crippen LogP contribution in [0.25, 0.3) is 0 Å². The predicted octanol–water partition coefficient (Wildman–Crippen LogP) is 2.39. The number of hydrogen-bond acceptors (Lipinski definition) is 4. The first-order valence-corrected chi connectivity index (χ1v) is 9.00. The highest BCUT2D eigenvalue weighted by Gasteiger charge is 2.14. The fourth-order valence-corrected chi connectivity index (χ4v) is 2.55. The molecule has 5 N–H and O–H groups in total. The Kier molecular flexibility index (Phi) is 7.76. The quantitative estimate of drug-likeness (QED) is 0.573. The average Bonchev–Trinajstić information content (AvgIpc) is 2.65. The molecule has 0 unspecified atom stereocenters. The third-order valence-electron chi connectivity index (χ3n) is 3.92. The maximum absolute atomic E-state index is 12.0. The van der Waals surface area contributed by atoms with E-state index in [1.807, 2.05) is 44.2 Å². The Morgan fingerprint density at radius 3 is 2.44 bits per heavy atom. The molecule has 3 amide bonds. The van der Waals surface area contributed by atoms with Gasteiger partial charge in [0.25, 0.3) is 0 Å². The third kappa shape index (κ3) is 7.45. The first kappa shape index (κ1) is 20.4. The van der Waals surface area contributed by atoms with Crippen molar-refractivity contribution in [2.24, 2.45) is 11.7 Å². The predicted molar refractivity (Wildman–Crippen MR) is 106 cm³/mol. The summed E-state index contributed by atoms with van der Waals surface area (Å²) in [6.07, 6.45) is 4.00. The molecule has 0 fully saturated rings. The maximum atomic E-state index is 12.0. The first-order valence-electron chi connectivity index (χ1n) is 9.00. The SMILES string of the molecule is CC(C)C[C@H](N)C(=O)NCc1cccc(NC(=O)NCc2ccncc2)c1. The van der Waals surface area contributed by atoms with Gasteiger partial charge in [-0.25, -0.2) is 4.79 Å². The van der Waals surface area contributed by atoms with E-state index in [0.717, 1.165) is 11.1 Å². The van der Waals surface area contributed by atoms with Gasteiger partial charge in [0.1, 0.15) is 0 Å². The summed E-state index contributed by atoms with van der Waals surface area (Å²) < 4.78 is 0. The summed E-state index contributed by atoms with van der Waals surface area (Å²) in [6.45, 7) is 4.83. The monoisotopic (exact) mass is 369 g/mol. The molecule has 0 spiro atoms. The number of urea groups is 1. The summed E-state index contributed by atoms with van der Waals surface area (Å²) in [6, 6.07) is 10.2. The number of anilines is 1. The molecule has 7 heteroatoms. The molecule has 1 aromatic heterocycles. The molecular weight excluding hydrogens is 342 g/mol. The zero-order valence-corrected chi connectivity index (χ0v) is 15.7. The van der Waals surface area contributed by atoms with Crippen molar-refractivity contribution in [3.8, 4) is 0 Å². The second-order valence-electron chi connectivity index (χ2n) is 6.82. The highest BCUT2D eigenvalue weighted by molar-refractivity contribution is 5.89. The molecule has 0 aliphatic rings. The van der Waals surface area contributed by atoms with E-state index < -0.39 is 6.04 Å². The van der Waals surface area contributed by atoms with Crippen molar-refractivity contribution in [3.05, 3.63) is 59.9 Å². The van der Waals surface area contributed by atoms with Crippen LogP contribution in [0.4, 0.5) is 10.5 Å². The van der Waals surface area contributed by atoms with Crippen molar-refractivity contribution >= 4 is 17.6 Å². The van der Waals surface area contributed by atoms with E-state index in [1.54, 1.807) is 18.5 Å². The van der Waals surface area contributed by atoms with Crippen molar-refractivity contribution in [1.29, 1.82) is 0 Å². The zero-order valence-electron chi connectivity index (χ0n) is 15.7. The van der Waals surface area contributed by atoms with Crippen LogP contribution in [0.1, 0.15) is 31.4 Å². The van der Waals surface area contributed by atoms with E-state index in [1.165, 1.54) is 0 Å². The number of carbonyl (C=O) groups excluding carboxylic acids is 2. The van der Waals surface area contributed by atoms with Gasteiger partial charge in [-0.05, 0) is 47.7 Å². The van der Waals surface area contributed by atoms with Crippen LogP contribution in [0.5, 0.6) is 0 Å². The molecule has 144 valence electrons. The van der Waals surface area contributed by atoms with Crippen molar-refractivity contribution in [3.63, 3.8) is 0 Å². The van der Waals surface area contributed by atoms with Crippen LogP contribution in [0.2, 0.25) is 0 Å². The zero-order chi connectivity index (χ0) is 19.6. The molecule has 2 rings (SSSR count). The van der Waals surface area contributed by atoms with Gasteiger partial charge in [0.15, 0.2) is 0 Å². The molecule has 0 aliphatic heterocycles. The van der Waals surface area contributed by atoms with Gasteiger partial charge < -0.3 is 21.7 Å². The molecule has 0 saturated heterocycles. The van der Waals surface area contributed by atoms with Crippen LogP contribution in [0, 0.1) is 5.92 Å². The Labute approximate surface area is 159 Å². The van der Waals surface area contributed by atoms with E-state index in [4.69, 9.17) is 5.73 Å². The second kappa shape index (κ2) is 10.3. The molecule has 1 aromatic carbocycles. The Morgan fingerprint density at radius 1 is 1.04 bits per heavy atom. The molecule has 7 nitrogen and oxygen atoms in total. The van der Waals surface area contributed by atoms with Crippen LogP contribution in [0.15, 0.2) is 48.8 Å². The molecule has 1 heterocycles. The molecule has 1 atom stereocenters. The lowest BCUT2D eigenvalue weighted by Gasteiger charge is -2.14. The lowest BCUT2D eigenvalue weighted by Crippen LogP contribution is -2.41. The van der Waals surface area contributed by atoms with Gasteiger partial charge in [-0.15, -0.1) is 0 Å². The molecule has 0 aliphatic carbocycles. The highest BCUT2D eigenvalue weighted by atomic mass is 16.2. The van der Waals surface area contributed by atoms with Crippen LogP contribution in [0.3, 0.4) is 0 Å².